The summed E-state index contributed by atoms with van der Waals surface area (Å²) in [6, 6.07) is 34.7. The third-order valence-electron chi connectivity index (χ3n) is 11.6. The molecule has 58 heavy (non-hydrogen) atoms. The average molecular weight is 775 g/mol. The number of unbranched alkanes of at least 4 members (excludes halogenated alkanes) is 1. The fourth-order valence-electron chi connectivity index (χ4n) is 8.50. The largest absolute Gasteiger partial charge is 0.508 e. The number of ketones is 1. The van der Waals surface area contributed by atoms with Crippen LogP contribution in [0.25, 0.3) is 10.8 Å². The number of Topliss-reactive ketones (excluding diaryl/α,β-unsaturated/α-hetero) is 1. The van der Waals surface area contributed by atoms with E-state index in [-0.39, 0.29) is 35.5 Å². The molecule has 6 bridgehead atoms. The van der Waals surface area contributed by atoms with Gasteiger partial charge in [0, 0.05) is 18.4 Å². The molecule has 6 nitrogen and oxygen atoms in total. The molecule has 0 spiro atoms. The second-order valence-electron chi connectivity index (χ2n) is 15.7. The van der Waals surface area contributed by atoms with Crippen LogP contribution in [0.2, 0.25) is 0 Å². The van der Waals surface area contributed by atoms with Gasteiger partial charge >= 0.3 is 0 Å². The van der Waals surface area contributed by atoms with Gasteiger partial charge in [0.25, 0.3) is 0 Å². The lowest BCUT2D eigenvalue weighted by molar-refractivity contribution is -0.121. The smallest absolute Gasteiger partial charge is 0.161 e. The fraction of sp³-hybridized carbons (Fsp3) is 0.327. The predicted octanol–water partition coefficient (Wildman–Crippen LogP) is 11.3. The minimum atomic E-state index is -0.503. The van der Waals surface area contributed by atoms with E-state index in [1.807, 2.05) is 60.7 Å². The number of fused-ring (bicyclic) bond motifs is 9. The van der Waals surface area contributed by atoms with Crippen molar-refractivity contribution in [2.75, 3.05) is 7.11 Å². The van der Waals surface area contributed by atoms with E-state index in [9.17, 15) is 15.0 Å². The first-order chi connectivity index (χ1) is 28.4. The zero-order chi connectivity index (χ0) is 40.3. The van der Waals surface area contributed by atoms with Crippen molar-refractivity contribution in [3.8, 4) is 29.3 Å². The second-order valence-corrected chi connectivity index (χ2v) is 15.7. The number of carbonyl (C=O) groups is 1. The minimum Gasteiger partial charge on any atom is -0.508 e. The van der Waals surface area contributed by atoms with Crippen molar-refractivity contribution < 1.29 is 29.2 Å². The first-order valence-electron chi connectivity index (χ1n) is 20.8. The van der Waals surface area contributed by atoms with E-state index in [1.54, 1.807) is 13.2 Å². The molecule has 0 aromatic heterocycles. The van der Waals surface area contributed by atoms with Gasteiger partial charge in [-0.25, -0.2) is 0 Å². The van der Waals surface area contributed by atoms with E-state index in [0.29, 0.717) is 43.8 Å². The molecule has 4 atom stereocenters. The summed E-state index contributed by atoms with van der Waals surface area (Å²) in [5, 5.41) is 24.4. The Kier molecular flexibility index (Phi) is 13.5. The summed E-state index contributed by atoms with van der Waals surface area (Å²) in [7, 11) is 1.63. The van der Waals surface area contributed by atoms with Crippen LogP contribution >= 0.6 is 0 Å². The highest BCUT2D eigenvalue weighted by Gasteiger charge is 2.27. The van der Waals surface area contributed by atoms with Gasteiger partial charge in [0.2, 0.25) is 0 Å². The zero-order valence-electron chi connectivity index (χ0n) is 33.7. The van der Waals surface area contributed by atoms with Crippen LogP contribution in [-0.4, -0.2) is 29.2 Å². The van der Waals surface area contributed by atoms with E-state index in [4.69, 9.17) is 14.2 Å². The molecule has 2 heterocycles. The molecule has 6 heteroatoms. The quantitative estimate of drug-likeness (QED) is 0.103. The summed E-state index contributed by atoms with van der Waals surface area (Å²) < 4.78 is 18.5. The van der Waals surface area contributed by atoms with Crippen LogP contribution in [0.3, 0.4) is 0 Å². The number of hydrogen-bond donors (Lipinski definition) is 2. The molecule has 2 N–H and O–H groups in total. The Hall–Kier alpha value is -5.93. The van der Waals surface area contributed by atoms with E-state index >= 15 is 0 Å². The summed E-state index contributed by atoms with van der Waals surface area (Å²) in [6.07, 6.45) is 15.4. The third-order valence-corrected chi connectivity index (χ3v) is 11.6. The maximum Gasteiger partial charge on any atom is 0.161 e. The van der Waals surface area contributed by atoms with Crippen LogP contribution < -0.4 is 9.47 Å². The highest BCUT2D eigenvalue weighted by Crippen LogP contribution is 2.39. The Balaban J connectivity index is 1.23. The Morgan fingerprint density at radius 2 is 1.60 bits per heavy atom. The van der Waals surface area contributed by atoms with Crippen LogP contribution in [0.4, 0.5) is 0 Å². The van der Waals surface area contributed by atoms with Gasteiger partial charge in [-0.2, -0.15) is 0 Å². The molecule has 298 valence electrons. The first-order valence-corrected chi connectivity index (χ1v) is 20.8. The molecule has 0 saturated heterocycles. The monoisotopic (exact) mass is 774 g/mol. The van der Waals surface area contributed by atoms with Crippen molar-refractivity contribution >= 4 is 16.6 Å². The van der Waals surface area contributed by atoms with E-state index in [1.165, 1.54) is 5.56 Å². The molecule has 0 radical (unpaired) electrons. The van der Waals surface area contributed by atoms with Crippen molar-refractivity contribution in [2.45, 2.75) is 89.8 Å². The van der Waals surface area contributed by atoms with E-state index < -0.39 is 12.0 Å². The molecule has 8 rings (SSSR count). The van der Waals surface area contributed by atoms with Gasteiger partial charge in [0.05, 0.1) is 13.0 Å². The fourth-order valence-corrected chi connectivity index (χ4v) is 8.50. The first kappa shape index (κ1) is 40.3. The normalized spacial score (nSPS) is 19.6. The van der Waals surface area contributed by atoms with Crippen LogP contribution in [0.15, 0.2) is 127 Å². The Morgan fingerprint density at radius 1 is 0.828 bits per heavy atom. The molecular weight excluding hydrogens is 721 g/mol. The third kappa shape index (κ3) is 10.3. The number of ether oxygens (including phenoxy) is 3. The Morgan fingerprint density at radius 3 is 2.38 bits per heavy atom. The van der Waals surface area contributed by atoms with Crippen LogP contribution in [0, 0.1) is 23.9 Å². The SMILES string of the molecule is CCc1cc(O)c2c3ccc(cc13)COc1cc(ccc1OC)CCC(=O)C[C@H](C[C@H]1C=C(O)C=C[C@H]1CCCCc1ccccc1)OC#C[C@H]2Cc1ccccc1. The van der Waals surface area contributed by atoms with Crippen LogP contribution in [0.1, 0.15) is 84.7 Å². The summed E-state index contributed by atoms with van der Waals surface area (Å²) >= 11 is 0. The highest BCUT2D eigenvalue weighted by molar-refractivity contribution is 5.92. The number of allylic oxidation sites excluding steroid dienone is 3. The maximum absolute atomic E-state index is 13.8. The maximum atomic E-state index is 13.8. The summed E-state index contributed by atoms with van der Waals surface area (Å²) in [6.45, 7) is 2.42. The number of aromatic hydroxyl groups is 1. The van der Waals surface area contributed by atoms with Gasteiger partial charge < -0.3 is 24.4 Å². The number of aliphatic hydroxyl groups excluding tert-OH is 1. The number of methoxy groups -OCH3 is 1. The van der Waals surface area contributed by atoms with Gasteiger partial charge in [0.1, 0.15) is 36.1 Å². The lowest BCUT2D eigenvalue weighted by Gasteiger charge is -2.28. The molecule has 0 fully saturated rings. The molecule has 1 aliphatic carbocycles. The van der Waals surface area contributed by atoms with Gasteiger partial charge in [-0.1, -0.05) is 104 Å². The van der Waals surface area contributed by atoms with E-state index in [2.05, 4.69) is 73.6 Å². The number of hydrogen-bond acceptors (Lipinski definition) is 6. The Bertz CT molecular complexity index is 2300. The summed E-state index contributed by atoms with van der Waals surface area (Å²) in [5.74, 6) is 4.97. The zero-order valence-corrected chi connectivity index (χ0v) is 33.7. The van der Waals surface area contributed by atoms with Gasteiger partial charge in [0.15, 0.2) is 11.5 Å². The van der Waals surface area contributed by atoms with Crippen molar-refractivity contribution in [1.29, 1.82) is 0 Å². The average Bonchev–Trinajstić information content (AvgIpc) is 3.24. The number of carbonyl (C=O) groups excluding carboxylic acids is 1. The molecule has 0 amide bonds. The summed E-state index contributed by atoms with van der Waals surface area (Å²) in [5.41, 5.74) is 6.19. The van der Waals surface area contributed by atoms with Crippen molar-refractivity contribution in [3.05, 3.63) is 160 Å². The molecule has 2 aliphatic heterocycles. The number of phenols is 1. The molecule has 5 aromatic rings. The Labute approximate surface area is 343 Å². The molecular formula is C52H54O6. The lowest BCUT2D eigenvalue weighted by Crippen LogP contribution is -2.24. The van der Waals surface area contributed by atoms with Crippen molar-refractivity contribution in [3.63, 3.8) is 0 Å². The molecule has 5 aromatic carbocycles. The van der Waals surface area contributed by atoms with Crippen LogP contribution in [0.5, 0.6) is 17.2 Å². The van der Waals surface area contributed by atoms with Crippen molar-refractivity contribution in [1.82, 2.24) is 0 Å². The number of rotatable bonds is 11. The van der Waals surface area contributed by atoms with Gasteiger partial charge in [-0.05, 0) is 132 Å². The van der Waals surface area contributed by atoms with Gasteiger partial charge in [-0.15, -0.1) is 0 Å². The van der Waals surface area contributed by atoms with Crippen LogP contribution in [-0.2, 0) is 41.8 Å². The van der Waals surface area contributed by atoms with E-state index in [0.717, 1.165) is 70.7 Å². The second kappa shape index (κ2) is 19.5. The standard InChI is InChI=1S/C52H54O6/c1-3-40-33-49(55)52-42(28-37-15-8-5-9-16-37)26-27-57-46(32-43-31-44(53)23-21-41(43)17-11-10-14-36-12-6-4-7-13-36)34-45(54)22-18-38-20-25-50(56-2)51(30-38)58-35-39-19-24-47(52)48(40)29-39/h4-9,12-13,15-16,19-21,23-25,29-31,33,41-43,46,53,55H,3,10-11,14,17-18,22,28,32,34-35H2,1-2H3/t41-,42+,43-,46+/m1/s1. The minimum absolute atomic E-state index is 0.0203. The summed E-state index contributed by atoms with van der Waals surface area (Å²) in [4.78, 5) is 13.8. The highest BCUT2D eigenvalue weighted by atomic mass is 16.5. The number of aliphatic hydroxyl groups is 1. The predicted molar refractivity (Wildman–Crippen MR) is 231 cm³/mol. The lowest BCUT2D eigenvalue weighted by atomic mass is 9.80. The van der Waals surface area contributed by atoms with Crippen molar-refractivity contribution in [2.24, 2.45) is 11.8 Å². The number of phenolic OH excluding ortho intramolecular Hbond substituents is 1. The topological polar surface area (TPSA) is 85.2 Å². The number of benzene rings is 5. The van der Waals surface area contributed by atoms with Gasteiger partial charge in [-0.3, -0.25) is 4.79 Å². The molecule has 3 aliphatic rings. The molecule has 0 unspecified atom stereocenters. The number of aryl methyl sites for hydroxylation is 3. The molecule has 0 saturated carbocycles.